The molecule has 88 valence electrons. The lowest BCUT2D eigenvalue weighted by Crippen LogP contribution is -2.40. The van der Waals surface area contributed by atoms with Crippen LogP contribution in [0.1, 0.15) is 43.2 Å². The molecule has 0 unspecified atom stereocenters. The van der Waals surface area contributed by atoms with Crippen LogP contribution >= 0.6 is 0 Å². The number of nitrogens with zero attached hydrogens (tertiary/aromatic N) is 2. The average molecular weight is 222 g/mol. The van der Waals surface area contributed by atoms with Gasteiger partial charge in [0.15, 0.2) is 5.82 Å². The van der Waals surface area contributed by atoms with E-state index in [0.29, 0.717) is 12.4 Å². The van der Waals surface area contributed by atoms with Crippen LogP contribution in [0, 0.1) is 0 Å². The van der Waals surface area contributed by atoms with Gasteiger partial charge >= 0.3 is 0 Å². The number of rotatable bonds is 4. The third-order valence-electron chi connectivity index (χ3n) is 3.27. The molecule has 1 fully saturated rings. The van der Waals surface area contributed by atoms with Crippen LogP contribution in [0.15, 0.2) is 12.4 Å². The minimum Gasteiger partial charge on any atom is -0.367 e. The van der Waals surface area contributed by atoms with Crippen molar-refractivity contribution in [3.63, 3.8) is 0 Å². The fourth-order valence-corrected chi connectivity index (χ4v) is 2.45. The van der Waals surface area contributed by atoms with Crippen LogP contribution in [-0.2, 0) is 11.8 Å². The molecule has 1 heterocycles. The molecule has 0 aromatic carbocycles. The van der Waals surface area contributed by atoms with E-state index in [1.54, 1.807) is 17.0 Å². The number of hydrogen-bond donors (Lipinski definition) is 0. The van der Waals surface area contributed by atoms with Gasteiger partial charge in [-0.2, -0.15) is 0 Å². The fourth-order valence-electron chi connectivity index (χ4n) is 2.45. The number of imidazole rings is 1. The quantitative estimate of drug-likeness (QED) is 0.731. The van der Waals surface area contributed by atoms with Crippen LogP contribution in [0.4, 0.5) is 0 Å². The van der Waals surface area contributed by atoms with E-state index in [1.165, 1.54) is 0 Å². The van der Waals surface area contributed by atoms with Gasteiger partial charge in [0.25, 0.3) is 0 Å². The highest BCUT2D eigenvalue weighted by Crippen LogP contribution is 2.35. The summed E-state index contributed by atoms with van der Waals surface area (Å²) in [6.45, 7) is 2.52. The first-order valence-corrected chi connectivity index (χ1v) is 5.86. The smallest absolute Gasteiger partial charge is 0.229 e. The number of Topliss-reactive ketones (excluding diaryl/α,β-unsaturated/α-hetero) is 1. The van der Waals surface area contributed by atoms with Crippen molar-refractivity contribution in [2.45, 2.75) is 38.2 Å². The Labute approximate surface area is 95.6 Å². The van der Waals surface area contributed by atoms with Crippen LogP contribution in [0.5, 0.6) is 0 Å². The van der Waals surface area contributed by atoms with Crippen molar-refractivity contribution in [1.82, 2.24) is 9.55 Å². The zero-order valence-electron chi connectivity index (χ0n) is 9.90. The highest BCUT2D eigenvalue weighted by molar-refractivity contribution is 6.00. The van der Waals surface area contributed by atoms with Crippen molar-refractivity contribution in [3.8, 4) is 0 Å². The number of ether oxygens (including phenoxy) is 1. The molecule has 2 rings (SSSR count). The number of carbonyl (C=O) groups is 1. The molecule has 4 heteroatoms. The van der Waals surface area contributed by atoms with Crippen LogP contribution in [0.3, 0.4) is 0 Å². The summed E-state index contributed by atoms with van der Waals surface area (Å²) in [7, 11) is 1.84. The van der Waals surface area contributed by atoms with E-state index in [9.17, 15) is 4.79 Å². The second-order valence-electron chi connectivity index (χ2n) is 4.33. The maximum atomic E-state index is 12.4. The van der Waals surface area contributed by atoms with Crippen molar-refractivity contribution < 1.29 is 9.53 Å². The number of hydrogen-bond acceptors (Lipinski definition) is 3. The van der Waals surface area contributed by atoms with Gasteiger partial charge < -0.3 is 9.30 Å². The molecule has 1 saturated carbocycles. The van der Waals surface area contributed by atoms with Gasteiger partial charge in [0.1, 0.15) is 5.60 Å². The zero-order valence-corrected chi connectivity index (χ0v) is 9.90. The Balaban J connectivity index is 2.27. The molecule has 1 aromatic rings. The van der Waals surface area contributed by atoms with Crippen molar-refractivity contribution in [3.05, 3.63) is 18.2 Å². The Bertz CT molecular complexity index is 378. The number of aryl methyl sites for hydroxylation is 1. The SMILES string of the molecule is CCOC1(C(=O)c2nccn2C)CCCC1. The number of carbonyl (C=O) groups excluding carboxylic acids is 1. The van der Waals surface area contributed by atoms with Crippen molar-refractivity contribution in [2.75, 3.05) is 6.61 Å². The minimum atomic E-state index is -0.603. The molecule has 0 aliphatic heterocycles. The molecule has 0 bridgehead atoms. The molecule has 1 aromatic heterocycles. The van der Waals surface area contributed by atoms with E-state index < -0.39 is 5.60 Å². The highest BCUT2D eigenvalue weighted by atomic mass is 16.5. The van der Waals surface area contributed by atoms with Gasteiger partial charge in [0.05, 0.1) is 0 Å². The van der Waals surface area contributed by atoms with Gasteiger partial charge in [-0.1, -0.05) is 0 Å². The van der Waals surface area contributed by atoms with E-state index in [2.05, 4.69) is 4.98 Å². The highest BCUT2D eigenvalue weighted by Gasteiger charge is 2.43. The first-order chi connectivity index (χ1) is 7.69. The molecule has 0 spiro atoms. The monoisotopic (exact) mass is 222 g/mol. The summed E-state index contributed by atoms with van der Waals surface area (Å²) in [5, 5.41) is 0. The van der Waals surface area contributed by atoms with E-state index in [-0.39, 0.29) is 5.78 Å². The predicted molar refractivity (Wildman–Crippen MR) is 60.4 cm³/mol. The Morgan fingerprint density at radius 2 is 2.25 bits per heavy atom. The van der Waals surface area contributed by atoms with Gasteiger partial charge in [-0.05, 0) is 32.6 Å². The summed E-state index contributed by atoms with van der Waals surface area (Å²) in [5.41, 5.74) is -0.603. The van der Waals surface area contributed by atoms with Crippen LogP contribution in [0.2, 0.25) is 0 Å². The fraction of sp³-hybridized carbons (Fsp3) is 0.667. The number of ketones is 1. The normalized spacial score (nSPS) is 18.9. The molecule has 0 atom stereocenters. The summed E-state index contributed by atoms with van der Waals surface area (Å²) in [4.78, 5) is 16.6. The van der Waals surface area contributed by atoms with Gasteiger partial charge in [-0.3, -0.25) is 4.79 Å². The van der Waals surface area contributed by atoms with Crippen molar-refractivity contribution in [2.24, 2.45) is 7.05 Å². The largest absolute Gasteiger partial charge is 0.367 e. The lowest BCUT2D eigenvalue weighted by Gasteiger charge is -2.26. The molecule has 1 aliphatic carbocycles. The second-order valence-corrected chi connectivity index (χ2v) is 4.33. The molecule has 0 N–H and O–H groups in total. The topological polar surface area (TPSA) is 44.1 Å². The third-order valence-corrected chi connectivity index (χ3v) is 3.27. The lowest BCUT2D eigenvalue weighted by molar-refractivity contribution is -0.0173. The first kappa shape index (κ1) is 11.3. The van der Waals surface area contributed by atoms with Crippen LogP contribution in [-0.4, -0.2) is 27.5 Å². The van der Waals surface area contributed by atoms with E-state index >= 15 is 0 Å². The molecular formula is C12H18N2O2. The summed E-state index contributed by atoms with van der Waals surface area (Å²) < 4.78 is 7.49. The average Bonchev–Trinajstić information content (AvgIpc) is 2.87. The molecule has 0 radical (unpaired) electrons. The molecule has 1 aliphatic rings. The summed E-state index contributed by atoms with van der Waals surface area (Å²) >= 11 is 0. The van der Waals surface area contributed by atoms with Crippen molar-refractivity contribution >= 4 is 5.78 Å². The minimum absolute atomic E-state index is 0.0411. The van der Waals surface area contributed by atoms with Gasteiger partial charge in [-0.15, -0.1) is 0 Å². The maximum absolute atomic E-state index is 12.4. The summed E-state index contributed by atoms with van der Waals surface area (Å²) in [6.07, 6.45) is 7.23. The van der Waals surface area contributed by atoms with E-state index in [4.69, 9.17) is 4.74 Å². The van der Waals surface area contributed by atoms with Gasteiger partial charge in [0, 0.05) is 26.0 Å². The number of aromatic nitrogens is 2. The van der Waals surface area contributed by atoms with Crippen LogP contribution < -0.4 is 0 Å². The maximum Gasteiger partial charge on any atom is 0.229 e. The Morgan fingerprint density at radius 3 is 2.75 bits per heavy atom. The van der Waals surface area contributed by atoms with Gasteiger partial charge in [0.2, 0.25) is 5.78 Å². The Morgan fingerprint density at radius 1 is 1.56 bits per heavy atom. The van der Waals surface area contributed by atoms with E-state index in [0.717, 1.165) is 25.7 Å². The Hall–Kier alpha value is -1.16. The summed E-state index contributed by atoms with van der Waals surface area (Å²) in [5.74, 6) is 0.551. The van der Waals surface area contributed by atoms with Crippen molar-refractivity contribution in [1.29, 1.82) is 0 Å². The third kappa shape index (κ3) is 1.78. The zero-order chi connectivity index (χ0) is 11.6. The Kier molecular flexibility index (Phi) is 3.10. The molecular weight excluding hydrogens is 204 g/mol. The molecule has 0 amide bonds. The van der Waals surface area contributed by atoms with Crippen LogP contribution in [0.25, 0.3) is 0 Å². The lowest BCUT2D eigenvalue weighted by atomic mass is 9.95. The van der Waals surface area contributed by atoms with Gasteiger partial charge in [-0.25, -0.2) is 4.98 Å². The first-order valence-electron chi connectivity index (χ1n) is 5.86. The predicted octanol–water partition coefficient (Wildman–Crippen LogP) is 1.95. The molecule has 4 nitrogen and oxygen atoms in total. The summed E-state index contributed by atoms with van der Waals surface area (Å²) in [6, 6.07) is 0. The van der Waals surface area contributed by atoms with E-state index in [1.807, 2.05) is 14.0 Å². The molecule has 16 heavy (non-hydrogen) atoms. The second kappa shape index (κ2) is 4.37. The standard InChI is InChI=1S/C12H18N2O2/c1-3-16-12(6-4-5-7-12)10(15)11-13-8-9-14(11)2/h8-9H,3-7H2,1-2H3. The molecule has 0 saturated heterocycles.